The number of aromatic carboxylic acids is 1. The van der Waals surface area contributed by atoms with Gasteiger partial charge in [-0.25, -0.2) is 9.79 Å². The molecular weight excluding hydrogens is 454 g/mol. The maximum Gasteiger partial charge on any atom is 0.335 e. The van der Waals surface area contributed by atoms with Crippen molar-refractivity contribution in [1.82, 2.24) is 9.88 Å². The van der Waals surface area contributed by atoms with Crippen LogP contribution in [-0.2, 0) is 4.79 Å². The van der Waals surface area contributed by atoms with E-state index in [1.165, 1.54) is 11.8 Å². The first-order valence-electron chi connectivity index (χ1n) is 8.56. The normalized spacial score (nSPS) is 16.4. The van der Waals surface area contributed by atoms with Crippen molar-refractivity contribution in [3.05, 3.63) is 87.5 Å². The number of aliphatic imine (C=N–C) groups is 1. The van der Waals surface area contributed by atoms with Gasteiger partial charge in [0.2, 0.25) is 0 Å². The van der Waals surface area contributed by atoms with Crippen molar-refractivity contribution < 1.29 is 14.7 Å². The molecule has 0 atom stereocenters. The van der Waals surface area contributed by atoms with Crippen LogP contribution in [0.5, 0.6) is 0 Å². The zero-order valence-corrected chi connectivity index (χ0v) is 17.3. The van der Waals surface area contributed by atoms with Gasteiger partial charge in [-0.2, -0.15) is 0 Å². The SMILES string of the molecule is O=C1NC(=Nc2ccc(Br)cc2)S/C1=C\c1cccn1-c1ccc(C(=O)O)cc1. The summed E-state index contributed by atoms with van der Waals surface area (Å²) in [5.74, 6) is -1.18. The summed E-state index contributed by atoms with van der Waals surface area (Å²) in [6.07, 6.45) is 3.64. The lowest BCUT2D eigenvalue weighted by Crippen LogP contribution is -2.19. The summed E-state index contributed by atoms with van der Waals surface area (Å²) in [5.41, 5.74) is 2.58. The monoisotopic (exact) mass is 467 g/mol. The Morgan fingerprint density at radius 2 is 1.83 bits per heavy atom. The topological polar surface area (TPSA) is 83.7 Å². The second kappa shape index (κ2) is 8.10. The van der Waals surface area contributed by atoms with Gasteiger partial charge in [0, 0.05) is 22.1 Å². The molecule has 0 spiro atoms. The van der Waals surface area contributed by atoms with Gasteiger partial charge in [0.25, 0.3) is 5.91 Å². The number of nitrogens with zero attached hydrogens (tertiary/aromatic N) is 2. The summed E-state index contributed by atoms with van der Waals surface area (Å²) < 4.78 is 2.85. The van der Waals surface area contributed by atoms with E-state index in [0.717, 1.165) is 21.5 Å². The van der Waals surface area contributed by atoms with Gasteiger partial charge in [0.05, 0.1) is 16.2 Å². The van der Waals surface area contributed by atoms with Crippen molar-refractivity contribution in [1.29, 1.82) is 0 Å². The van der Waals surface area contributed by atoms with E-state index in [4.69, 9.17) is 5.11 Å². The summed E-state index contributed by atoms with van der Waals surface area (Å²) in [6.45, 7) is 0. The minimum absolute atomic E-state index is 0.208. The van der Waals surface area contributed by atoms with E-state index < -0.39 is 5.97 Å². The molecule has 29 heavy (non-hydrogen) atoms. The van der Waals surface area contributed by atoms with E-state index in [-0.39, 0.29) is 11.5 Å². The third-order valence-corrected chi connectivity index (χ3v) is 5.60. The standard InChI is InChI=1S/C21H14BrN3O3S/c22-14-5-7-15(8-6-14)23-21-24-19(26)18(29-21)12-17-2-1-11-25(17)16-9-3-13(4-10-16)20(27)28/h1-12H,(H,27,28)(H,23,24,26)/b18-12-. The number of rotatable bonds is 4. The average Bonchev–Trinajstić information content (AvgIpc) is 3.30. The van der Waals surface area contributed by atoms with Gasteiger partial charge in [-0.15, -0.1) is 0 Å². The quantitative estimate of drug-likeness (QED) is 0.538. The maximum atomic E-state index is 12.4. The van der Waals surface area contributed by atoms with Crippen molar-refractivity contribution >= 4 is 56.5 Å². The Balaban J connectivity index is 1.59. The number of halogens is 1. The van der Waals surface area contributed by atoms with Crippen LogP contribution in [0.3, 0.4) is 0 Å². The highest BCUT2D eigenvalue weighted by molar-refractivity contribution is 9.10. The summed E-state index contributed by atoms with van der Waals surface area (Å²) >= 11 is 4.66. The lowest BCUT2D eigenvalue weighted by molar-refractivity contribution is -0.115. The molecule has 0 radical (unpaired) electrons. The van der Waals surface area contributed by atoms with E-state index in [2.05, 4.69) is 26.2 Å². The number of amidine groups is 1. The third-order valence-electron chi connectivity index (χ3n) is 4.16. The summed E-state index contributed by atoms with van der Waals surface area (Å²) in [7, 11) is 0. The first-order valence-corrected chi connectivity index (χ1v) is 10.2. The van der Waals surface area contributed by atoms with Crippen molar-refractivity contribution in [3.8, 4) is 5.69 Å². The number of carboxylic acids is 1. The Morgan fingerprint density at radius 1 is 1.10 bits per heavy atom. The van der Waals surface area contributed by atoms with Gasteiger partial charge in [0.15, 0.2) is 5.17 Å². The average molecular weight is 468 g/mol. The Hall–Kier alpha value is -3.10. The van der Waals surface area contributed by atoms with Crippen LogP contribution in [0.4, 0.5) is 5.69 Å². The molecule has 6 nitrogen and oxygen atoms in total. The van der Waals surface area contributed by atoms with Crippen molar-refractivity contribution in [2.24, 2.45) is 4.99 Å². The van der Waals surface area contributed by atoms with Crippen LogP contribution in [-0.4, -0.2) is 26.7 Å². The highest BCUT2D eigenvalue weighted by atomic mass is 79.9. The van der Waals surface area contributed by atoms with Crippen LogP contribution in [0.25, 0.3) is 11.8 Å². The zero-order valence-electron chi connectivity index (χ0n) is 14.9. The fourth-order valence-electron chi connectivity index (χ4n) is 2.76. The van der Waals surface area contributed by atoms with E-state index in [1.54, 1.807) is 30.3 Å². The molecule has 0 saturated carbocycles. The Bertz CT molecular complexity index is 1150. The number of nitrogens with one attached hydrogen (secondary N) is 1. The lowest BCUT2D eigenvalue weighted by Gasteiger charge is -2.07. The molecule has 3 aromatic rings. The molecular formula is C21H14BrN3O3S. The molecule has 0 aliphatic carbocycles. The molecule has 144 valence electrons. The number of carboxylic acid groups (broad SMARTS) is 1. The van der Waals surface area contributed by atoms with Crippen LogP contribution in [0, 0.1) is 0 Å². The largest absolute Gasteiger partial charge is 0.478 e. The fourth-order valence-corrected chi connectivity index (χ4v) is 3.85. The minimum atomic E-state index is -0.969. The molecule has 1 aliphatic rings. The molecule has 4 rings (SSSR count). The highest BCUT2D eigenvalue weighted by Gasteiger charge is 2.24. The van der Waals surface area contributed by atoms with E-state index in [9.17, 15) is 9.59 Å². The third kappa shape index (κ3) is 4.33. The Kier molecular flexibility index (Phi) is 5.37. The van der Waals surface area contributed by atoms with Crippen LogP contribution < -0.4 is 5.32 Å². The molecule has 1 amide bonds. The van der Waals surface area contributed by atoms with Gasteiger partial charge in [0.1, 0.15) is 0 Å². The summed E-state index contributed by atoms with van der Waals surface area (Å²) in [5, 5.41) is 12.3. The van der Waals surface area contributed by atoms with Crippen LogP contribution in [0.15, 0.2) is 81.2 Å². The number of hydrogen-bond donors (Lipinski definition) is 2. The second-order valence-corrected chi connectivity index (χ2v) is 8.06. The van der Waals surface area contributed by atoms with Crippen LogP contribution in [0.1, 0.15) is 16.1 Å². The molecule has 1 aliphatic heterocycles. The van der Waals surface area contributed by atoms with Crippen LogP contribution in [0.2, 0.25) is 0 Å². The predicted molar refractivity (Wildman–Crippen MR) is 118 cm³/mol. The molecule has 8 heteroatoms. The van der Waals surface area contributed by atoms with Gasteiger partial charge >= 0.3 is 5.97 Å². The fraction of sp³-hybridized carbons (Fsp3) is 0. The van der Waals surface area contributed by atoms with Crippen LogP contribution >= 0.6 is 27.7 Å². The molecule has 2 aromatic carbocycles. The van der Waals surface area contributed by atoms with Gasteiger partial charge in [-0.1, -0.05) is 15.9 Å². The number of aromatic nitrogens is 1. The molecule has 1 aromatic heterocycles. The first-order chi connectivity index (χ1) is 14.0. The van der Waals surface area contributed by atoms with E-state index in [0.29, 0.717) is 10.1 Å². The molecule has 2 heterocycles. The number of benzene rings is 2. The summed E-state index contributed by atoms with van der Waals surface area (Å²) in [6, 6.07) is 17.8. The highest BCUT2D eigenvalue weighted by Crippen LogP contribution is 2.29. The Morgan fingerprint density at radius 3 is 2.52 bits per heavy atom. The molecule has 1 fully saturated rings. The molecule has 1 saturated heterocycles. The zero-order chi connectivity index (χ0) is 20.4. The van der Waals surface area contributed by atoms with Gasteiger partial charge in [-0.05, 0) is 78.5 Å². The van der Waals surface area contributed by atoms with Crippen molar-refractivity contribution in [2.75, 3.05) is 0 Å². The first kappa shape index (κ1) is 19.2. The van der Waals surface area contributed by atoms with Gasteiger partial charge in [-0.3, -0.25) is 4.79 Å². The van der Waals surface area contributed by atoms with Gasteiger partial charge < -0.3 is 15.0 Å². The van der Waals surface area contributed by atoms with E-state index >= 15 is 0 Å². The molecule has 0 unspecified atom stereocenters. The smallest absolute Gasteiger partial charge is 0.335 e. The number of carbonyl (C=O) groups is 2. The predicted octanol–water partition coefficient (Wildman–Crippen LogP) is 4.83. The molecule has 2 N–H and O–H groups in total. The lowest BCUT2D eigenvalue weighted by atomic mass is 10.2. The van der Waals surface area contributed by atoms with Crippen molar-refractivity contribution in [2.45, 2.75) is 0 Å². The number of carbonyl (C=O) groups excluding carboxylic acids is 1. The number of hydrogen-bond acceptors (Lipinski definition) is 4. The second-order valence-electron chi connectivity index (χ2n) is 6.11. The van der Waals surface area contributed by atoms with Crippen molar-refractivity contribution in [3.63, 3.8) is 0 Å². The number of thioether (sulfide) groups is 1. The maximum absolute atomic E-state index is 12.4. The van der Waals surface area contributed by atoms with E-state index in [1.807, 2.05) is 47.2 Å². The Labute approximate surface area is 179 Å². The number of amides is 1. The molecule has 0 bridgehead atoms. The minimum Gasteiger partial charge on any atom is -0.478 e. The summed E-state index contributed by atoms with van der Waals surface area (Å²) in [4.78, 5) is 28.4.